The molecule has 0 bridgehead atoms. The number of halogens is 2. The van der Waals surface area contributed by atoms with E-state index < -0.39 is 0 Å². The van der Waals surface area contributed by atoms with E-state index in [1.807, 2.05) is 12.4 Å². The molecular weight excluding hydrogens is 427 g/mol. The molecule has 1 aromatic heterocycles. The molecule has 1 heterocycles. The Morgan fingerprint density at radius 1 is 1.30 bits per heavy atom. The SMILES string of the molecule is CCCNC(c1cnccc1C)c1cc(I)ccc1Br. The van der Waals surface area contributed by atoms with Gasteiger partial charge in [-0.15, -0.1) is 0 Å². The van der Waals surface area contributed by atoms with Crippen molar-refractivity contribution < 1.29 is 0 Å². The zero-order valence-electron chi connectivity index (χ0n) is 11.7. The fourth-order valence-corrected chi connectivity index (χ4v) is 3.18. The first-order chi connectivity index (χ1) is 9.63. The highest BCUT2D eigenvalue weighted by Gasteiger charge is 2.18. The highest BCUT2D eigenvalue weighted by atomic mass is 127. The highest BCUT2D eigenvalue weighted by Crippen LogP contribution is 2.31. The zero-order valence-corrected chi connectivity index (χ0v) is 15.4. The molecule has 106 valence electrons. The number of nitrogens with one attached hydrogen (secondary N) is 1. The van der Waals surface area contributed by atoms with Gasteiger partial charge in [0.1, 0.15) is 0 Å². The summed E-state index contributed by atoms with van der Waals surface area (Å²) in [6.07, 6.45) is 4.92. The molecule has 1 atom stereocenters. The minimum absolute atomic E-state index is 0.174. The molecule has 4 heteroatoms. The number of benzene rings is 1. The highest BCUT2D eigenvalue weighted by molar-refractivity contribution is 14.1. The molecule has 1 unspecified atom stereocenters. The van der Waals surface area contributed by atoms with Crippen LogP contribution in [0.3, 0.4) is 0 Å². The lowest BCUT2D eigenvalue weighted by molar-refractivity contribution is 0.592. The molecule has 1 N–H and O–H groups in total. The van der Waals surface area contributed by atoms with E-state index in [0.29, 0.717) is 0 Å². The Balaban J connectivity index is 2.47. The van der Waals surface area contributed by atoms with Crippen molar-refractivity contribution >= 4 is 38.5 Å². The third kappa shape index (κ3) is 3.80. The number of hydrogen-bond donors (Lipinski definition) is 1. The van der Waals surface area contributed by atoms with Crippen LogP contribution < -0.4 is 5.32 Å². The predicted molar refractivity (Wildman–Crippen MR) is 96.0 cm³/mol. The van der Waals surface area contributed by atoms with Gasteiger partial charge < -0.3 is 5.32 Å². The minimum Gasteiger partial charge on any atom is -0.306 e. The Morgan fingerprint density at radius 2 is 2.10 bits per heavy atom. The Labute approximate surface area is 142 Å². The number of aryl methyl sites for hydroxylation is 1. The minimum atomic E-state index is 0.174. The summed E-state index contributed by atoms with van der Waals surface area (Å²) in [4.78, 5) is 4.29. The lowest BCUT2D eigenvalue weighted by atomic mass is 9.96. The van der Waals surface area contributed by atoms with Crippen LogP contribution in [0.15, 0.2) is 41.1 Å². The largest absolute Gasteiger partial charge is 0.306 e. The lowest BCUT2D eigenvalue weighted by Gasteiger charge is -2.22. The second kappa shape index (κ2) is 7.52. The van der Waals surface area contributed by atoms with E-state index in [9.17, 15) is 0 Å². The van der Waals surface area contributed by atoms with Gasteiger partial charge in [0.2, 0.25) is 0 Å². The number of rotatable bonds is 5. The summed E-state index contributed by atoms with van der Waals surface area (Å²) in [5, 5.41) is 3.64. The third-order valence-corrected chi connectivity index (χ3v) is 4.65. The van der Waals surface area contributed by atoms with Crippen LogP contribution in [-0.2, 0) is 0 Å². The molecule has 20 heavy (non-hydrogen) atoms. The normalized spacial score (nSPS) is 12.4. The molecule has 0 radical (unpaired) electrons. The Kier molecular flexibility index (Phi) is 5.99. The molecular formula is C16H18BrIN2. The number of hydrogen-bond acceptors (Lipinski definition) is 2. The Morgan fingerprint density at radius 3 is 2.80 bits per heavy atom. The van der Waals surface area contributed by atoms with Crippen molar-refractivity contribution in [2.24, 2.45) is 0 Å². The van der Waals surface area contributed by atoms with Crippen LogP contribution in [0.25, 0.3) is 0 Å². The van der Waals surface area contributed by atoms with Gasteiger partial charge in [-0.3, -0.25) is 4.98 Å². The maximum atomic E-state index is 4.29. The van der Waals surface area contributed by atoms with Crippen molar-refractivity contribution in [1.82, 2.24) is 10.3 Å². The van der Waals surface area contributed by atoms with Crippen molar-refractivity contribution in [2.45, 2.75) is 26.3 Å². The summed E-state index contributed by atoms with van der Waals surface area (Å²) in [5.74, 6) is 0. The van der Waals surface area contributed by atoms with Gasteiger partial charge in [-0.2, -0.15) is 0 Å². The summed E-state index contributed by atoms with van der Waals surface area (Å²) < 4.78 is 2.38. The molecule has 1 aromatic carbocycles. The van der Waals surface area contributed by atoms with Crippen LogP contribution in [0, 0.1) is 10.5 Å². The second-order valence-electron chi connectivity index (χ2n) is 4.79. The maximum absolute atomic E-state index is 4.29. The van der Waals surface area contributed by atoms with Gasteiger partial charge in [0.15, 0.2) is 0 Å². The molecule has 0 aliphatic rings. The van der Waals surface area contributed by atoms with Crippen molar-refractivity contribution in [3.8, 4) is 0 Å². The van der Waals surface area contributed by atoms with Crippen molar-refractivity contribution in [3.05, 3.63) is 61.4 Å². The van der Waals surface area contributed by atoms with Gasteiger partial charge in [-0.05, 0) is 83.4 Å². The Hall–Kier alpha value is -0.460. The summed E-state index contributed by atoms with van der Waals surface area (Å²) >= 11 is 6.04. The third-order valence-electron chi connectivity index (χ3n) is 3.26. The van der Waals surface area contributed by atoms with Crippen LogP contribution >= 0.6 is 38.5 Å². The first-order valence-electron chi connectivity index (χ1n) is 6.72. The fourth-order valence-electron chi connectivity index (χ4n) is 2.19. The van der Waals surface area contributed by atoms with Crippen LogP contribution in [0.2, 0.25) is 0 Å². The molecule has 0 aliphatic carbocycles. The standard InChI is InChI=1S/C16H18BrIN2/c1-3-7-20-16(14-10-19-8-6-11(14)2)13-9-12(18)4-5-15(13)17/h4-6,8-10,16,20H,3,7H2,1-2H3. The number of nitrogens with zero attached hydrogens (tertiary/aromatic N) is 1. The van der Waals surface area contributed by atoms with E-state index in [1.165, 1.54) is 20.3 Å². The molecule has 0 fully saturated rings. The first-order valence-corrected chi connectivity index (χ1v) is 8.59. The van der Waals surface area contributed by atoms with Gasteiger partial charge in [0.25, 0.3) is 0 Å². The van der Waals surface area contributed by atoms with E-state index in [-0.39, 0.29) is 6.04 Å². The quantitative estimate of drug-likeness (QED) is 0.667. The van der Waals surface area contributed by atoms with E-state index >= 15 is 0 Å². The van der Waals surface area contributed by atoms with Gasteiger partial charge in [-0.1, -0.05) is 22.9 Å². The van der Waals surface area contributed by atoms with Crippen molar-refractivity contribution in [1.29, 1.82) is 0 Å². The Bertz CT molecular complexity index is 586. The van der Waals surface area contributed by atoms with Crippen molar-refractivity contribution in [3.63, 3.8) is 0 Å². The molecule has 2 aromatic rings. The maximum Gasteiger partial charge on any atom is 0.0606 e. The van der Waals surface area contributed by atoms with Crippen LogP contribution in [0.4, 0.5) is 0 Å². The monoisotopic (exact) mass is 444 g/mol. The lowest BCUT2D eigenvalue weighted by Crippen LogP contribution is -2.24. The topological polar surface area (TPSA) is 24.9 Å². The van der Waals surface area contributed by atoms with Crippen LogP contribution in [0.5, 0.6) is 0 Å². The average molecular weight is 445 g/mol. The smallest absolute Gasteiger partial charge is 0.0606 e. The predicted octanol–water partition coefficient (Wildman–Crippen LogP) is 4.85. The molecule has 0 spiro atoms. The zero-order chi connectivity index (χ0) is 14.5. The summed E-state index contributed by atoms with van der Waals surface area (Å²) in [5.41, 5.74) is 3.77. The molecule has 2 nitrogen and oxygen atoms in total. The van der Waals surface area contributed by atoms with Gasteiger partial charge >= 0.3 is 0 Å². The number of pyridine rings is 1. The van der Waals surface area contributed by atoms with E-state index in [0.717, 1.165) is 17.4 Å². The molecule has 0 aliphatic heterocycles. The van der Waals surface area contributed by atoms with E-state index in [4.69, 9.17) is 0 Å². The first kappa shape index (κ1) is 15.9. The second-order valence-corrected chi connectivity index (χ2v) is 6.89. The molecule has 0 amide bonds. The van der Waals surface area contributed by atoms with E-state index in [2.05, 4.69) is 86.9 Å². The average Bonchev–Trinajstić information content (AvgIpc) is 2.44. The summed E-state index contributed by atoms with van der Waals surface area (Å²) in [6, 6.07) is 8.69. The molecule has 0 saturated carbocycles. The molecule has 2 rings (SSSR count). The van der Waals surface area contributed by atoms with Crippen LogP contribution in [-0.4, -0.2) is 11.5 Å². The van der Waals surface area contributed by atoms with Crippen molar-refractivity contribution in [2.75, 3.05) is 6.54 Å². The summed E-state index contributed by atoms with van der Waals surface area (Å²) in [7, 11) is 0. The van der Waals surface area contributed by atoms with Gasteiger partial charge in [0, 0.05) is 20.4 Å². The molecule has 0 saturated heterocycles. The van der Waals surface area contributed by atoms with Gasteiger partial charge in [-0.25, -0.2) is 0 Å². The van der Waals surface area contributed by atoms with Crippen LogP contribution in [0.1, 0.15) is 36.1 Å². The van der Waals surface area contributed by atoms with E-state index in [1.54, 1.807) is 0 Å². The number of aromatic nitrogens is 1. The van der Waals surface area contributed by atoms with Gasteiger partial charge in [0.05, 0.1) is 6.04 Å². The fraction of sp³-hybridized carbons (Fsp3) is 0.312. The summed E-state index contributed by atoms with van der Waals surface area (Å²) in [6.45, 7) is 5.31.